The van der Waals surface area contributed by atoms with E-state index in [4.69, 9.17) is 0 Å². The zero-order valence-electron chi connectivity index (χ0n) is 11.0. The highest BCUT2D eigenvalue weighted by atomic mass is 16.1. The number of aldehydes is 1. The molecule has 98 valence electrons. The highest BCUT2D eigenvalue weighted by Crippen LogP contribution is 2.18. The van der Waals surface area contributed by atoms with E-state index >= 15 is 0 Å². The maximum Gasteiger partial charge on any atom is 0.261 e. The maximum atomic E-state index is 12.2. The van der Waals surface area contributed by atoms with Gasteiger partial charge in [-0.1, -0.05) is 43.7 Å². The fraction of sp³-hybridized carbons (Fsp3) is 0.250. The van der Waals surface area contributed by atoms with Crippen molar-refractivity contribution < 1.29 is 4.79 Å². The van der Waals surface area contributed by atoms with Crippen LogP contribution in [0.4, 0.5) is 0 Å². The monoisotopic (exact) mass is 255 g/mol. The zero-order valence-corrected chi connectivity index (χ0v) is 11.0. The summed E-state index contributed by atoms with van der Waals surface area (Å²) in [5, 5.41) is 0. The molecule has 0 amide bonds. The minimum Gasteiger partial charge on any atom is -0.308 e. The van der Waals surface area contributed by atoms with Crippen molar-refractivity contribution in [2.75, 3.05) is 0 Å². The zero-order chi connectivity index (χ0) is 13.7. The van der Waals surface area contributed by atoms with Gasteiger partial charge in [0.1, 0.15) is 0 Å². The number of aromatic nitrogens is 1. The van der Waals surface area contributed by atoms with Crippen molar-refractivity contribution in [3.05, 3.63) is 58.4 Å². The van der Waals surface area contributed by atoms with Gasteiger partial charge in [0, 0.05) is 6.54 Å². The minimum absolute atomic E-state index is 0.204. The van der Waals surface area contributed by atoms with Crippen LogP contribution in [0.1, 0.15) is 30.1 Å². The molecule has 0 atom stereocenters. The van der Waals surface area contributed by atoms with Crippen molar-refractivity contribution in [3.63, 3.8) is 0 Å². The van der Waals surface area contributed by atoms with Crippen LogP contribution in [-0.2, 0) is 6.54 Å². The first kappa shape index (κ1) is 13.3. The van der Waals surface area contributed by atoms with Crippen molar-refractivity contribution in [2.45, 2.75) is 26.3 Å². The number of hydrogen-bond acceptors (Lipinski definition) is 2. The first-order valence-electron chi connectivity index (χ1n) is 6.52. The van der Waals surface area contributed by atoms with Gasteiger partial charge in [-0.15, -0.1) is 0 Å². The summed E-state index contributed by atoms with van der Waals surface area (Å²) >= 11 is 0. The average molecular weight is 255 g/mol. The quantitative estimate of drug-likeness (QED) is 0.770. The Kier molecular flexibility index (Phi) is 4.29. The van der Waals surface area contributed by atoms with E-state index in [1.54, 1.807) is 10.6 Å². The summed E-state index contributed by atoms with van der Waals surface area (Å²) in [5.41, 5.74) is 1.87. The molecule has 1 aromatic carbocycles. The normalized spacial score (nSPS) is 10.4. The van der Waals surface area contributed by atoms with Crippen LogP contribution in [-0.4, -0.2) is 10.9 Å². The fourth-order valence-corrected chi connectivity index (χ4v) is 2.08. The largest absolute Gasteiger partial charge is 0.308 e. The third-order valence-corrected chi connectivity index (χ3v) is 3.14. The van der Waals surface area contributed by atoms with E-state index in [2.05, 4.69) is 6.92 Å². The molecule has 0 N–H and O–H groups in total. The Labute approximate surface area is 112 Å². The van der Waals surface area contributed by atoms with Crippen LogP contribution in [0.3, 0.4) is 0 Å². The third-order valence-electron chi connectivity index (χ3n) is 3.14. The lowest BCUT2D eigenvalue weighted by Gasteiger charge is -2.13. The van der Waals surface area contributed by atoms with Gasteiger partial charge in [-0.25, -0.2) is 0 Å². The molecule has 0 aliphatic carbocycles. The first-order valence-corrected chi connectivity index (χ1v) is 6.52. The van der Waals surface area contributed by atoms with E-state index < -0.39 is 0 Å². The second-order valence-corrected chi connectivity index (χ2v) is 4.47. The minimum atomic E-state index is -0.204. The lowest BCUT2D eigenvalue weighted by atomic mass is 10.1. The van der Waals surface area contributed by atoms with Gasteiger partial charge < -0.3 is 4.57 Å². The van der Waals surface area contributed by atoms with Crippen LogP contribution >= 0.6 is 0 Å². The lowest BCUT2D eigenvalue weighted by Crippen LogP contribution is -2.25. The molecule has 2 aromatic rings. The molecule has 1 heterocycles. The van der Waals surface area contributed by atoms with E-state index in [0.717, 1.165) is 24.1 Å². The van der Waals surface area contributed by atoms with Gasteiger partial charge >= 0.3 is 0 Å². The maximum absolute atomic E-state index is 12.2. The molecular weight excluding hydrogens is 238 g/mol. The van der Waals surface area contributed by atoms with Gasteiger partial charge in [-0.2, -0.15) is 0 Å². The summed E-state index contributed by atoms with van der Waals surface area (Å²) in [6, 6.07) is 13.2. The fourth-order valence-electron chi connectivity index (χ4n) is 2.08. The number of rotatable bonds is 5. The van der Waals surface area contributed by atoms with Gasteiger partial charge in [0.05, 0.1) is 11.3 Å². The Balaban J connectivity index is 2.57. The van der Waals surface area contributed by atoms with Crippen LogP contribution in [0.5, 0.6) is 0 Å². The molecule has 1 aromatic heterocycles. The van der Waals surface area contributed by atoms with Gasteiger partial charge in [0.25, 0.3) is 5.56 Å². The first-order chi connectivity index (χ1) is 9.27. The molecule has 0 radical (unpaired) electrons. The molecule has 0 fully saturated rings. The van der Waals surface area contributed by atoms with E-state index in [1.807, 2.05) is 36.4 Å². The van der Waals surface area contributed by atoms with E-state index in [9.17, 15) is 9.59 Å². The van der Waals surface area contributed by atoms with Crippen molar-refractivity contribution in [3.8, 4) is 11.3 Å². The van der Waals surface area contributed by atoms with Crippen molar-refractivity contribution in [2.24, 2.45) is 0 Å². The molecule has 0 spiro atoms. The number of benzene rings is 1. The van der Waals surface area contributed by atoms with Crippen molar-refractivity contribution in [1.29, 1.82) is 0 Å². The Morgan fingerprint density at radius 1 is 1.11 bits per heavy atom. The number of unbranched alkanes of at least 4 members (excludes halogenated alkanes) is 1. The second kappa shape index (κ2) is 6.14. The number of pyridine rings is 1. The second-order valence-electron chi connectivity index (χ2n) is 4.47. The van der Waals surface area contributed by atoms with E-state index in [-0.39, 0.29) is 11.1 Å². The van der Waals surface area contributed by atoms with Crippen LogP contribution in [0.15, 0.2) is 47.3 Å². The number of nitrogens with zero attached hydrogens (tertiary/aromatic N) is 1. The highest BCUT2D eigenvalue weighted by molar-refractivity contribution is 5.75. The van der Waals surface area contributed by atoms with Crippen LogP contribution in [0.2, 0.25) is 0 Å². The number of hydrogen-bond donors (Lipinski definition) is 0. The van der Waals surface area contributed by atoms with Gasteiger partial charge in [0.15, 0.2) is 6.29 Å². The molecule has 3 nitrogen and oxygen atoms in total. The summed E-state index contributed by atoms with van der Waals surface area (Å²) < 4.78 is 1.70. The number of carbonyl (C=O) groups is 1. The molecule has 3 heteroatoms. The van der Waals surface area contributed by atoms with E-state index in [1.165, 1.54) is 0 Å². The van der Waals surface area contributed by atoms with Crippen LogP contribution < -0.4 is 5.56 Å². The summed E-state index contributed by atoms with van der Waals surface area (Å²) in [7, 11) is 0. The highest BCUT2D eigenvalue weighted by Gasteiger charge is 2.09. The Morgan fingerprint density at radius 2 is 1.84 bits per heavy atom. The average Bonchev–Trinajstić information content (AvgIpc) is 2.46. The molecule has 2 rings (SSSR count). The van der Waals surface area contributed by atoms with Crippen LogP contribution in [0.25, 0.3) is 11.3 Å². The molecule has 0 saturated carbocycles. The Bertz CT molecular complexity index is 614. The summed E-state index contributed by atoms with van der Waals surface area (Å²) in [4.78, 5) is 23.1. The molecule has 0 aliphatic heterocycles. The van der Waals surface area contributed by atoms with Crippen molar-refractivity contribution in [1.82, 2.24) is 4.57 Å². The van der Waals surface area contributed by atoms with Gasteiger partial charge in [-0.05, 0) is 24.1 Å². The number of carbonyl (C=O) groups excluding carboxylic acids is 1. The Hall–Kier alpha value is -2.16. The molecule has 0 unspecified atom stereocenters. The molecular formula is C16H17NO2. The molecule has 0 bridgehead atoms. The topological polar surface area (TPSA) is 39.1 Å². The summed E-state index contributed by atoms with van der Waals surface area (Å²) in [6.07, 6.45) is 2.55. The lowest BCUT2D eigenvalue weighted by molar-refractivity contribution is 0.112. The standard InChI is InChI=1S/C16H17NO2/c1-2-3-11-17-15(13-7-5-4-6-8-13)10-9-14(12-18)16(17)19/h4-10,12H,2-3,11H2,1H3. The smallest absolute Gasteiger partial charge is 0.261 e. The van der Waals surface area contributed by atoms with E-state index in [0.29, 0.717) is 12.8 Å². The molecule has 19 heavy (non-hydrogen) atoms. The third kappa shape index (κ3) is 2.81. The van der Waals surface area contributed by atoms with Gasteiger partial charge in [0.2, 0.25) is 0 Å². The Morgan fingerprint density at radius 3 is 2.47 bits per heavy atom. The SMILES string of the molecule is CCCCn1c(-c2ccccc2)ccc(C=O)c1=O. The predicted molar refractivity (Wildman–Crippen MR) is 76.4 cm³/mol. The van der Waals surface area contributed by atoms with Gasteiger partial charge in [-0.3, -0.25) is 9.59 Å². The molecule has 0 aliphatic rings. The van der Waals surface area contributed by atoms with Crippen LogP contribution in [0, 0.1) is 0 Å². The van der Waals surface area contributed by atoms with Crippen molar-refractivity contribution >= 4 is 6.29 Å². The summed E-state index contributed by atoms with van der Waals surface area (Å²) in [5.74, 6) is 0. The predicted octanol–water partition coefficient (Wildman–Crippen LogP) is 3.13. The molecule has 0 saturated heterocycles. The summed E-state index contributed by atoms with van der Waals surface area (Å²) in [6.45, 7) is 2.72.